The molecule has 0 saturated carbocycles. The third-order valence-electron chi connectivity index (χ3n) is 4.75. The van der Waals surface area contributed by atoms with E-state index in [1.165, 1.54) is 5.56 Å². The second-order valence-electron chi connectivity index (χ2n) is 7.23. The molecule has 0 atom stereocenters. The lowest BCUT2D eigenvalue weighted by Gasteiger charge is -2.15. The molecule has 0 unspecified atom stereocenters. The summed E-state index contributed by atoms with van der Waals surface area (Å²) in [6.07, 6.45) is 0. The Kier molecular flexibility index (Phi) is 7.01. The van der Waals surface area contributed by atoms with Gasteiger partial charge in [-0.25, -0.2) is 0 Å². The van der Waals surface area contributed by atoms with E-state index in [9.17, 15) is 4.79 Å². The Morgan fingerprint density at radius 1 is 0.933 bits per heavy atom. The highest BCUT2D eigenvalue weighted by Gasteiger charge is 2.14. The van der Waals surface area contributed by atoms with Crippen LogP contribution in [0, 0.1) is 20.8 Å². The molecule has 0 saturated heterocycles. The second-order valence-corrected chi connectivity index (χ2v) is 7.66. The second kappa shape index (κ2) is 9.68. The number of hydrogen-bond donors (Lipinski definition) is 1. The number of ether oxygens (including phenoxy) is 2. The summed E-state index contributed by atoms with van der Waals surface area (Å²) in [5.74, 6) is 1.23. The van der Waals surface area contributed by atoms with E-state index in [2.05, 4.69) is 17.4 Å². The van der Waals surface area contributed by atoms with Gasteiger partial charge in [0.25, 0.3) is 5.91 Å². The summed E-state index contributed by atoms with van der Waals surface area (Å²) in [7, 11) is 0. The normalized spacial score (nSPS) is 10.6. The van der Waals surface area contributed by atoms with Crippen LogP contribution in [0.1, 0.15) is 39.5 Å². The minimum atomic E-state index is -0.166. The predicted molar refractivity (Wildman–Crippen MR) is 122 cm³/mol. The molecule has 0 aliphatic carbocycles. The minimum absolute atomic E-state index is 0.166. The summed E-state index contributed by atoms with van der Waals surface area (Å²) < 4.78 is 11.6. The van der Waals surface area contributed by atoms with Crippen LogP contribution in [-0.4, -0.2) is 12.5 Å². The number of carbonyl (C=O) groups is 1. The highest BCUT2D eigenvalue weighted by atomic mass is 35.5. The van der Waals surface area contributed by atoms with Gasteiger partial charge in [-0.2, -0.15) is 0 Å². The average molecular weight is 424 g/mol. The third-order valence-corrected chi connectivity index (χ3v) is 5.00. The molecule has 156 valence electrons. The lowest BCUT2D eigenvalue weighted by molar-refractivity contribution is 0.102. The highest BCUT2D eigenvalue weighted by Crippen LogP contribution is 2.26. The largest absolute Gasteiger partial charge is 0.493 e. The molecule has 5 heteroatoms. The topological polar surface area (TPSA) is 47.6 Å². The molecule has 0 radical (unpaired) electrons. The first kappa shape index (κ1) is 21.7. The summed E-state index contributed by atoms with van der Waals surface area (Å²) >= 11 is 5.93. The Morgan fingerprint density at radius 3 is 2.23 bits per heavy atom. The summed E-state index contributed by atoms with van der Waals surface area (Å²) in [4.78, 5) is 12.9. The van der Waals surface area contributed by atoms with Crippen LogP contribution in [0.3, 0.4) is 0 Å². The molecule has 3 rings (SSSR count). The molecule has 0 aromatic heterocycles. The molecule has 0 aliphatic rings. The summed E-state index contributed by atoms with van der Waals surface area (Å²) in [5, 5.41) is 3.70. The van der Waals surface area contributed by atoms with Crippen LogP contribution in [0.5, 0.6) is 11.5 Å². The molecule has 0 bridgehead atoms. The molecular formula is C25H26ClNO3. The van der Waals surface area contributed by atoms with Crippen molar-refractivity contribution in [3.63, 3.8) is 0 Å². The van der Waals surface area contributed by atoms with Crippen LogP contribution < -0.4 is 14.8 Å². The van der Waals surface area contributed by atoms with Gasteiger partial charge < -0.3 is 14.8 Å². The molecule has 30 heavy (non-hydrogen) atoms. The van der Waals surface area contributed by atoms with Crippen molar-refractivity contribution in [3.8, 4) is 11.5 Å². The molecule has 3 aromatic rings. The van der Waals surface area contributed by atoms with Crippen molar-refractivity contribution < 1.29 is 14.3 Å². The quantitative estimate of drug-likeness (QED) is 0.472. The van der Waals surface area contributed by atoms with Crippen molar-refractivity contribution in [2.24, 2.45) is 0 Å². The lowest BCUT2D eigenvalue weighted by Crippen LogP contribution is -2.15. The Labute approximate surface area is 182 Å². The molecule has 0 fully saturated rings. The zero-order valence-electron chi connectivity index (χ0n) is 17.7. The van der Waals surface area contributed by atoms with E-state index in [0.29, 0.717) is 28.7 Å². The van der Waals surface area contributed by atoms with E-state index < -0.39 is 0 Å². The van der Waals surface area contributed by atoms with E-state index in [-0.39, 0.29) is 12.5 Å². The van der Waals surface area contributed by atoms with Gasteiger partial charge in [0.1, 0.15) is 18.1 Å². The summed E-state index contributed by atoms with van der Waals surface area (Å²) in [5.41, 5.74) is 5.45. The Hall–Kier alpha value is -2.98. The summed E-state index contributed by atoms with van der Waals surface area (Å²) in [6, 6.07) is 16.7. The van der Waals surface area contributed by atoms with Gasteiger partial charge in [0.2, 0.25) is 0 Å². The van der Waals surface area contributed by atoms with Crippen molar-refractivity contribution >= 4 is 23.2 Å². The number of halogens is 1. The molecule has 1 amide bonds. The first-order chi connectivity index (χ1) is 14.4. The number of benzene rings is 3. The molecule has 0 aliphatic heterocycles. The van der Waals surface area contributed by atoms with Crippen molar-refractivity contribution in [2.45, 2.75) is 34.3 Å². The average Bonchev–Trinajstić information content (AvgIpc) is 2.71. The molecule has 0 heterocycles. The Bertz CT molecular complexity index is 1020. The molecule has 3 aromatic carbocycles. The molecule has 1 N–H and O–H groups in total. The Balaban J connectivity index is 1.82. The smallest absolute Gasteiger partial charge is 0.255 e. The predicted octanol–water partition coefficient (Wildman–Crippen LogP) is 6.50. The lowest BCUT2D eigenvalue weighted by atomic mass is 10.0. The van der Waals surface area contributed by atoms with Crippen LogP contribution in [-0.2, 0) is 6.61 Å². The van der Waals surface area contributed by atoms with Gasteiger partial charge in [0, 0.05) is 21.8 Å². The van der Waals surface area contributed by atoms with Gasteiger partial charge in [-0.15, -0.1) is 0 Å². The van der Waals surface area contributed by atoms with Gasteiger partial charge in [-0.05, 0) is 81.3 Å². The number of hydrogen-bond acceptors (Lipinski definition) is 3. The first-order valence-corrected chi connectivity index (χ1v) is 10.3. The van der Waals surface area contributed by atoms with Gasteiger partial charge >= 0.3 is 0 Å². The van der Waals surface area contributed by atoms with Crippen LogP contribution in [0.2, 0.25) is 5.02 Å². The van der Waals surface area contributed by atoms with Crippen molar-refractivity contribution in [1.29, 1.82) is 0 Å². The fourth-order valence-electron chi connectivity index (χ4n) is 3.38. The maximum absolute atomic E-state index is 12.9. The number of anilines is 1. The maximum atomic E-state index is 12.9. The highest BCUT2D eigenvalue weighted by molar-refractivity contribution is 6.30. The molecule has 4 nitrogen and oxygen atoms in total. The monoisotopic (exact) mass is 423 g/mol. The number of nitrogens with one attached hydrogen (secondary N) is 1. The van der Waals surface area contributed by atoms with E-state index in [0.717, 1.165) is 22.4 Å². The van der Waals surface area contributed by atoms with E-state index >= 15 is 0 Å². The van der Waals surface area contributed by atoms with E-state index in [1.807, 2.05) is 52.0 Å². The van der Waals surface area contributed by atoms with Crippen LogP contribution in [0.4, 0.5) is 5.69 Å². The first-order valence-electron chi connectivity index (χ1n) is 9.90. The molecular weight excluding hydrogens is 398 g/mol. The Morgan fingerprint density at radius 2 is 1.60 bits per heavy atom. The zero-order valence-corrected chi connectivity index (χ0v) is 18.5. The van der Waals surface area contributed by atoms with E-state index in [4.69, 9.17) is 21.1 Å². The van der Waals surface area contributed by atoms with Crippen LogP contribution in [0.15, 0.2) is 54.6 Å². The maximum Gasteiger partial charge on any atom is 0.255 e. The number of carbonyl (C=O) groups excluding carboxylic acids is 1. The zero-order chi connectivity index (χ0) is 21.7. The van der Waals surface area contributed by atoms with Crippen molar-refractivity contribution in [3.05, 3.63) is 87.4 Å². The minimum Gasteiger partial charge on any atom is -0.493 e. The number of aryl methyl sites for hydroxylation is 3. The third kappa shape index (κ3) is 5.33. The van der Waals surface area contributed by atoms with Gasteiger partial charge in [-0.1, -0.05) is 29.3 Å². The van der Waals surface area contributed by atoms with Crippen LogP contribution >= 0.6 is 11.6 Å². The van der Waals surface area contributed by atoms with Crippen LogP contribution in [0.25, 0.3) is 0 Å². The standard InChI is InChI=1S/C25H26ClNO3/c1-5-29-23-11-6-19(14-20(23)15-30-22-9-7-21(26)8-10-22)25(28)27-24-17(3)12-16(2)13-18(24)4/h6-14H,5,15H2,1-4H3,(H,27,28). The number of amides is 1. The van der Waals surface area contributed by atoms with Crippen molar-refractivity contribution in [2.75, 3.05) is 11.9 Å². The molecule has 0 spiro atoms. The fourth-order valence-corrected chi connectivity index (χ4v) is 3.51. The van der Waals surface area contributed by atoms with Gasteiger partial charge in [0.05, 0.1) is 6.61 Å². The van der Waals surface area contributed by atoms with E-state index in [1.54, 1.807) is 18.2 Å². The fraction of sp³-hybridized carbons (Fsp3) is 0.240. The van der Waals surface area contributed by atoms with Gasteiger partial charge in [0.15, 0.2) is 0 Å². The van der Waals surface area contributed by atoms with Crippen molar-refractivity contribution in [1.82, 2.24) is 0 Å². The van der Waals surface area contributed by atoms with Gasteiger partial charge in [-0.3, -0.25) is 4.79 Å². The summed E-state index contributed by atoms with van der Waals surface area (Å²) in [6.45, 7) is 8.78. The SMILES string of the molecule is CCOc1ccc(C(=O)Nc2c(C)cc(C)cc2C)cc1COc1ccc(Cl)cc1. The number of rotatable bonds is 7.